The normalized spacial score (nSPS) is 39.6. The van der Waals surface area contributed by atoms with Crippen LogP contribution in [0.15, 0.2) is 35.7 Å². The summed E-state index contributed by atoms with van der Waals surface area (Å²) < 4.78 is 0. The van der Waals surface area contributed by atoms with Crippen LogP contribution in [0.1, 0.15) is 65.7 Å². The van der Waals surface area contributed by atoms with Gasteiger partial charge in [-0.15, -0.1) is 0 Å². The summed E-state index contributed by atoms with van der Waals surface area (Å²) in [6.07, 6.45) is 9.91. The van der Waals surface area contributed by atoms with Crippen LogP contribution in [0.2, 0.25) is 0 Å². The van der Waals surface area contributed by atoms with Gasteiger partial charge >= 0.3 is 0 Å². The zero-order chi connectivity index (χ0) is 22.0. The van der Waals surface area contributed by atoms with Gasteiger partial charge in [0.15, 0.2) is 0 Å². The Hall–Kier alpha value is -2.17. The number of nitrogens with one attached hydrogen (secondary N) is 1. The smallest absolute Gasteiger partial charge is 0.239 e. The predicted octanol–water partition coefficient (Wildman–Crippen LogP) is 5.02. The van der Waals surface area contributed by atoms with Crippen molar-refractivity contribution in [2.45, 2.75) is 65.7 Å². The fraction of sp³-hybridized carbons (Fsp3) is 0.654. The third-order valence-corrected chi connectivity index (χ3v) is 9.35. The van der Waals surface area contributed by atoms with Crippen LogP contribution in [0.25, 0.3) is 0 Å². The molecule has 5 nitrogen and oxygen atoms in total. The lowest BCUT2D eigenvalue weighted by atomic mass is 9.48. The molecule has 1 aromatic heterocycles. The van der Waals surface area contributed by atoms with Gasteiger partial charge in [0.25, 0.3) is 0 Å². The fourth-order valence-corrected chi connectivity index (χ4v) is 8.10. The molecule has 1 saturated heterocycles. The largest absolute Gasteiger partial charge is 0.318 e. The topological polar surface area (TPSA) is 62.3 Å². The second-order valence-electron chi connectivity index (χ2n) is 11.1. The van der Waals surface area contributed by atoms with Gasteiger partial charge in [0.2, 0.25) is 11.8 Å². The molecule has 3 aliphatic carbocycles. The standard InChI is InChI=1S/C26H35N3O2/c1-16-14-17-19-8-7-11-25(19,2)12-10-20(17)26(3)15-18(24(31)29(4)22(16)26)23(30)28-21-9-5-6-13-27-21/h5-6,9,13,17-20H,7-8,10-12,14-15H2,1-4H3,(H,27,28,30)/t17-,18?,19-,20+,25-,26+/m0/s1. The maximum absolute atomic E-state index is 13.3. The number of allylic oxidation sites excluding steroid dienone is 2. The lowest BCUT2D eigenvalue weighted by Crippen LogP contribution is -2.57. The molecule has 6 atom stereocenters. The molecule has 3 fully saturated rings. The van der Waals surface area contributed by atoms with Gasteiger partial charge in [-0.1, -0.05) is 31.9 Å². The van der Waals surface area contributed by atoms with Crippen molar-refractivity contribution in [2.24, 2.45) is 34.5 Å². The summed E-state index contributed by atoms with van der Waals surface area (Å²) in [6, 6.07) is 5.43. The average molecular weight is 422 g/mol. The zero-order valence-corrected chi connectivity index (χ0v) is 19.3. The summed E-state index contributed by atoms with van der Waals surface area (Å²) >= 11 is 0. The number of hydrogen-bond acceptors (Lipinski definition) is 3. The van der Waals surface area contributed by atoms with Crippen molar-refractivity contribution in [3.63, 3.8) is 0 Å². The number of rotatable bonds is 2. The summed E-state index contributed by atoms with van der Waals surface area (Å²) in [6.45, 7) is 7.07. The number of hydrogen-bond donors (Lipinski definition) is 1. The molecule has 1 aliphatic heterocycles. The Kier molecular flexibility index (Phi) is 4.80. The van der Waals surface area contributed by atoms with Gasteiger partial charge in [0.05, 0.1) is 0 Å². The SMILES string of the molecule is CC1=C2N(C)C(=O)C(C(=O)Nc3ccccn3)C[C@]2(C)[C@@H]2CC[C@]3(C)CCC[C@H]3[C@@H]2C1. The molecular formula is C26H35N3O2. The lowest BCUT2D eigenvalue weighted by molar-refractivity contribution is -0.147. The highest BCUT2D eigenvalue weighted by atomic mass is 16.2. The van der Waals surface area contributed by atoms with E-state index in [1.807, 2.05) is 24.1 Å². The first-order valence-corrected chi connectivity index (χ1v) is 11.9. The fourth-order valence-electron chi connectivity index (χ4n) is 8.10. The first-order valence-electron chi connectivity index (χ1n) is 11.9. The van der Waals surface area contributed by atoms with E-state index in [4.69, 9.17) is 0 Å². The first-order chi connectivity index (χ1) is 14.7. The van der Waals surface area contributed by atoms with Crippen molar-refractivity contribution >= 4 is 17.6 Å². The van der Waals surface area contributed by atoms with Crippen molar-refractivity contribution in [2.75, 3.05) is 12.4 Å². The van der Waals surface area contributed by atoms with E-state index in [0.29, 0.717) is 29.5 Å². The van der Waals surface area contributed by atoms with Gasteiger partial charge in [0, 0.05) is 24.4 Å². The summed E-state index contributed by atoms with van der Waals surface area (Å²) in [5.74, 6) is 1.54. The number of aromatic nitrogens is 1. The van der Waals surface area contributed by atoms with Gasteiger partial charge in [0.1, 0.15) is 11.7 Å². The minimum absolute atomic E-state index is 0.0831. The van der Waals surface area contributed by atoms with E-state index in [-0.39, 0.29) is 17.2 Å². The quantitative estimate of drug-likeness (QED) is 0.683. The Morgan fingerprint density at radius 1 is 1.19 bits per heavy atom. The van der Waals surface area contributed by atoms with Gasteiger partial charge in [-0.05, 0) is 80.8 Å². The molecule has 2 heterocycles. The molecule has 0 bridgehead atoms. The molecule has 0 radical (unpaired) electrons. The number of carbonyl (C=O) groups is 2. The van der Waals surface area contributed by atoms with Crippen molar-refractivity contribution in [3.05, 3.63) is 35.7 Å². The monoisotopic (exact) mass is 421 g/mol. The summed E-state index contributed by atoms with van der Waals surface area (Å²) in [4.78, 5) is 32.5. The van der Waals surface area contributed by atoms with Crippen LogP contribution in [-0.2, 0) is 9.59 Å². The summed E-state index contributed by atoms with van der Waals surface area (Å²) in [5, 5.41) is 2.89. The second kappa shape index (κ2) is 7.18. The van der Waals surface area contributed by atoms with Crippen molar-refractivity contribution < 1.29 is 9.59 Å². The molecule has 166 valence electrons. The molecule has 1 aromatic rings. The van der Waals surface area contributed by atoms with Crippen LogP contribution in [0.5, 0.6) is 0 Å². The van der Waals surface area contributed by atoms with Crippen molar-refractivity contribution in [3.8, 4) is 0 Å². The van der Waals surface area contributed by atoms with E-state index in [1.54, 1.807) is 12.3 Å². The Balaban J connectivity index is 1.48. The molecule has 5 heteroatoms. The molecule has 5 rings (SSSR count). The highest BCUT2D eigenvalue weighted by molar-refractivity contribution is 6.07. The number of piperidine rings is 1. The van der Waals surface area contributed by atoms with Gasteiger partial charge in [-0.3, -0.25) is 9.59 Å². The highest BCUT2D eigenvalue weighted by Gasteiger charge is 2.60. The Morgan fingerprint density at radius 3 is 2.74 bits per heavy atom. The van der Waals surface area contributed by atoms with Gasteiger partial charge in [-0.25, -0.2) is 4.98 Å². The number of likely N-dealkylation sites (tertiary alicyclic amines) is 1. The Labute approximate surface area is 185 Å². The van der Waals surface area contributed by atoms with E-state index < -0.39 is 5.92 Å². The Bertz CT molecular complexity index is 941. The van der Waals surface area contributed by atoms with E-state index in [9.17, 15) is 9.59 Å². The molecular weight excluding hydrogens is 386 g/mol. The highest BCUT2D eigenvalue weighted by Crippen LogP contribution is 2.65. The van der Waals surface area contributed by atoms with Crippen LogP contribution in [0.3, 0.4) is 0 Å². The second-order valence-corrected chi connectivity index (χ2v) is 11.1. The first kappa shape index (κ1) is 20.7. The maximum atomic E-state index is 13.3. The number of carbonyl (C=O) groups excluding carboxylic acids is 2. The van der Waals surface area contributed by atoms with Crippen LogP contribution in [0, 0.1) is 34.5 Å². The number of fused-ring (bicyclic) bond motifs is 5. The average Bonchev–Trinajstić information content (AvgIpc) is 3.13. The lowest BCUT2D eigenvalue weighted by Gasteiger charge is -2.59. The van der Waals surface area contributed by atoms with Crippen molar-refractivity contribution in [1.82, 2.24) is 9.88 Å². The van der Waals surface area contributed by atoms with Crippen LogP contribution in [-0.4, -0.2) is 28.7 Å². The summed E-state index contributed by atoms with van der Waals surface area (Å²) in [7, 11) is 1.88. The van der Waals surface area contributed by atoms with E-state index in [2.05, 4.69) is 31.1 Å². The predicted molar refractivity (Wildman–Crippen MR) is 121 cm³/mol. The summed E-state index contributed by atoms with van der Waals surface area (Å²) in [5.41, 5.74) is 2.91. The molecule has 2 saturated carbocycles. The molecule has 4 aliphatic rings. The van der Waals surface area contributed by atoms with Gasteiger partial charge < -0.3 is 10.2 Å². The van der Waals surface area contributed by atoms with Crippen molar-refractivity contribution in [1.29, 1.82) is 0 Å². The number of anilines is 1. The van der Waals surface area contributed by atoms with Crippen LogP contribution >= 0.6 is 0 Å². The maximum Gasteiger partial charge on any atom is 0.239 e. The van der Waals surface area contributed by atoms with Gasteiger partial charge in [-0.2, -0.15) is 0 Å². The minimum atomic E-state index is -0.663. The molecule has 0 spiro atoms. The zero-order valence-electron chi connectivity index (χ0n) is 19.3. The van der Waals surface area contributed by atoms with Crippen LogP contribution in [0.4, 0.5) is 5.82 Å². The molecule has 1 unspecified atom stereocenters. The Morgan fingerprint density at radius 2 is 2.00 bits per heavy atom. The number of pyridine rings is 1. The molecule has 0 aromatic carbocycles. The number of amides is 2. The molecule has 2 amide bonds. The van der Waals surface area contributed by atoms with E-state index in [0.717, 1.165) is 12.3 Å². The van der Waals surface area contributed by atoms with E-state index in [1.165, 1.54) is 43.4 Å². The molecule has 1 N–H and O–H groups in total. The molecule has 31 heavy (non-hydrogen) atoms. The van der Waals surface area contributed by atoms with Crippen LogP contribution < -0.4 is 5.32 Å². The minimum Gasteiger partial charge on any atom is -0.318 e. The van der Waals surface area contributed by atoms with E-state index >= 15 is 0 Å². The third kappa shape index (κ3) is 3.07. The third-order valence-electron chi connectivity index (χ3n) is 9.35. The number of nitrogens with zero attached hydrogens (tertiary/aromatic N) is 2.